The third-order valence-electron chi connectivity index (χ3n) is 3.56. The second-order valence-corrected chi connectivity index (χ2v) is 7.08. The monoisotopic (exact) mass is 312 g/mol. The fourth-order valence-electron chi connectivity index (χ4n) is 2.08. The van der Waals surface area contributed by atoms with E-state index in [4.69, 9.17) is 4.74 Å². The number of hydrogen-bond donors (Lipinski definition) is 1. The van der Waals surface area contributed by atoms with Gasteiger partial charge in [0.05, 0.1) is 11.9 Å². The number of rotatable bonds is 4. The SMILES string of the molecule is CC(C)(Oc1ccc(C(C)(C)C)cc1)C(=O)Nc1cccnc1. The molecule has 2 aromatic rings. The van der Waals surface area contributed by atoms with Gasteiger partial charge in [-0.25, -0.2) is 0 Å². The van der Waals surface area contributed by atoms with Gasteiger partial charge >= 0.3 is 0 Å². The molecular formula is C19H24N2O2. The molecule has 0 aliphatic carbocycles. The molecule has 1 N–H and O–H groups in total. The zero-order valence-corrected chi connectivity index (χ0v) is 14.4. The molecule has 2 rings (SSSR count). The minimum Gasteiger partial charge on any atom is -0.478 e. The van der Waals surface area contributed by atoms with Crippen molar-refractivity contribution in [1.82, 2.24) is 4.98 Å². The number of nitrogens with one attached hydrogen (secondary N) is 1. The molecule has 0 atom stereocenters. The average Bonchev–Trinajstić information content (AvgIpc) is 2.47. The van der Waals surface area contributed by atoms with E-state index in [2.05, 4.69) is 31.1 Å². The third kappa shape index (κ3) is 4.55. The van der Waals surface area contributed by atoms with Gasteiger partial charge in [0.1, 0.15) is 5.75 Å². The average molecular weight is 312 g/mol. The maximum Gasteiger partial charge on any atom is 0.268 e. The number of carbonyl (C=O) groups excluding carboxylic acids is 1. The highest BCUT2D eigenvalue weighted by molar-refractivity contribution is 5.96. The zero-order chi connectivity index (χ0) is 17.1. The summed E-state index contributed by atoms with van der Waals surface area (Å²) in [6.07, 6.45) is 3.26. The van der Waals surface area contributed by atoms with Crippen LogP contribution in [0.2, 0.25) is 0 Å². The van der Waals surface area contributed by atoms with Gasteiger partial charge in [0, 0.05) is 6.20 Å². The summed E-state index contributed by atoms with van der Waals surface area (Å²) in [5.74, 6) is 0.453. The van der Waals surface area contributed by atoms with E-state index in [-0.39, 0.29) is 11.3 Å². The molecule has 1 heterocycles. The van der Waals surface area contributed by atoms with Crippen LogP contribution in [0.25, 0.3) is 0 Å². The van der Waals surface area contributed by atoms with E-state index in [9.17, 15) is 4.79 Å². The Kier molecular flexibility index (Phi) is 4.73. The van der Waals surface area contributed by atoms with E-state index in [0.29, 0.717) is 11.4 Å². The van der Waals surface area contributed by atoms with Crippen molar-refractivity contribution in [2.45, 2.75) is 45.6 Å². The molecule has 0 aliphatic heterocycles. The van der Waals surface area contributed by atoms with E-state index in [1.165, 1.54) is 5.56 Å². The molecule has 0 fully saturated rings. The van der Waals surface area contributed by atoms with Crippen molar-refractivity contribution in [2.24, 2.45) is 0 Å². The Balaban J connectivity index is 2.06. The molecule has 122 valence electrons. The third-order valence-corrected chi connectivity index (χ3v) is 3.56. The van der Waals surface area contributed by atoms with Crippen molar-refractivity contribution in [3.8, 4) is 5.75 Å². The predicted octanol–water partition coefficient (Wildman–Crippen LogP) is 4.18. The number of pyridine rings is 1. The van der Waals surface area contributed by atoms with Crippen molar-refractivity contribution >= 4 is 11.6 Å². The van der Waals surface area contributed by atoms with Crippen LogP contribution in [0.1, 0.15) is 40.2 Å². The van der Waals surface area contributed by atoms with Crippen LogP contribution in [0.3, 0.4) is 0 Å². The summed E-state index contributed by atoms with van der Waals surface area (Å²) in [5.41, 5.74) is 0.977. The first-order valence-electron chi connectivity index (χ1n) is 7.69. The standard InChI is InChI=1S/C19H24N2O2/c1-18(2,3)14-8-10-16(11-9-14)23-19(4,5)17(22)21-15-7-6-12-20-13-15/h6-13H,1-5H3,(H,21,22). The Hall–Kier alpha value is -2.36. The Morgan fingerprint density at radius 3 is 2.22 bits per heavy atom. The van der Waals surface area contributed by atoms with Gasteiger partial charge in [-0.1, -0.05) is 32.9 Å². The van der Waals surface area contributed by atoms with Gasteiger partial charge in [-0.05, 0) is 49.1 Å². The van der Waals surface area contributed by atoms with E-state index < -0.39 is 5.60 Å². The number of benzene rings is 1. The molecule has 0 unspecified atom stereocenters. The smallest absolute Gasteiger partial charge is 0.268 e. The van der Waals surface area contributed by atoms with Crippen molar-refractivity contribution in [3.05, 3.63) is 54.4 Å². The fraction of sp³-hybridized carbons (Fsp3) is 0.368. The lowest BCUT2D eigenvalue weighted by atomic mass is 9.87. The van der Waals surface area contributed by atoms with Gasteiger partial charge in [0.25, 0.3) is 5.91 Å². The topological polar surface area (TPSA) is 51.2 Å². The minimum atomic E-state index is -0.987. The summed E-state index contributed by atoms with van der Waals surface area (Å²) in [4.78, 5) is 16.4. The fourth-order valence-corrected chi connectivity index (χ4v) is 2.08. The van der Waals surface area contributed by atoms with Crippen molar-refractivity contribution in [1.29, 1.82) is 0 Å². The second-order valence-electron chi connectivity index (χ2n) is 7.08. The van der Waals surface area contributed by atoms with Crippen LogP contribution in [0.4, 0.5) is 5.69 Å². The normalized spacial score (nSPS) is 11.9. The molecule has 23 heavy (non-hydrogen) atoms. The quantitative estimate of drug-likeness (QED) is 0.921. The van der Waals surface area contributed by atoms with Crippen LogP contribution >= 0.6 is 0 Å². The van der Waals surface area contributed by atoms with Crippen LogP contribution in [0.15, 0.2) is 48.8 Å². The molecule has 0 spiro atoms. The highest BCUT2D eigenvalue weighted by Gasteiger charge is 2.30. The molecule has 0 aliphatic rings. The first kappa shape index (κ1) is 17.0. The molecule has 0 radical (unpaired) electrons. The molecule has 0 bridgehead atoms. The minimum absolute atomic E-state index is 0.0890. The Morgan fingerprint density at radius 2 is 1.70 bits per heavy atom. The van der Waals surface area contributed by atoms with Gasteiger partial charge in [-0.15, -0.1) is 0 Å². The molecule has 1 aromatic carbocycles. The Bertz CT molecular complexity index is 656. The van der Waals surface area contributed by atoms with Gasteiger partial charge in [0.2, 0.25) is 0 Å². The molecule has 4 nitrogen and oxygen atoms in total. The van der Waals surface area contributed by atoms with E-state index in [1.807, 2.05) is 24.3 Å². The van der Waals surface area contributed by atoms with Gasteiger partial charge in [0.15, 0.2) is 5.60 Å². The first-order valence-corrected chi connectivity index (χ1v) is 7.69. The van der Waals surface area contributed by atoms with Crippen molar-refractivity contribution < 1.29 is 9.53 Å². The van der Waals surface area contributed by atoms with Gasteiger partial charge < -0.3 is 10.1 Å². The van der Waals surface area contributed by atoms with Crippen molar-refractivity contribution in [3.63, 3.8) is 0 Å². The van der Waals surface area contributed by atoms with Crippen LogP contribution in [0, 0.1) is 0 Å². The number of nitrogens with zero attached hydrogens (tertiary/aromatic N) is 1. The van der Waals surface area contributed by atoms with E-state index in [0.717, 1.165) is 0 Å². The summed E-state index contributed by atoms with van der Waals surface area (Å²) in [6.45, 7) is 9.98. The maximum atomic E-state index is 12.4. The highest BCUT2D eigenvalue weighted by Crippen LogP contribution is 2.26. The zero-order valence-electron chi connectivity index (χ0n) is 14.4. The van der Waals surface area contributed by atoms with E-state index in [1.54, 1.807) is 38.4 Å². The van der Waals surface area contributed by atoms with Crippen LogP contribution < -0.4 is 10.1 Å². The maximum absolute atomic E-state index is 12.4. The predicted molar refractivity (Wildman–Crippen MR) is 92.7 cm³/mol. The van der Waals surface area contributed by atoms with Crippen LogP contribution in [0.5, 0.6) is 5.75 Å². The number of hydrogen-bond acceptors (Lipinski definition) is 3. The summed E-state index contributed by atoms with van der Waals surface area (Å²) in [5, 5.41) is 2.81. The van der Waals surface area contributed by atoms with E-state index >= 15 is 0 Å². The Morgan fingerprint density at radius 1 is 1.04 bits per heavy atom. The van der Waals surface area contributed by atoms with Gasteiger partial charge in [-0.3, -0.25) is 9.78 Å². The number of anilines is 1. The van der Waals surface area contributed by atoms with Gasteiger partial charge in [-0.2, -0.15) is 0 Å². The molecule has 0 saturated carbocycles. The summed E-state index contributed by atoms with van der Waals surface area (Å²) in [6, 6.07) is 11.4. The molecule has 1 amide bonds. The summed E-state index contributed by atoms with van der Waals surface area (Å²) >= 11 is 0. The molecule has 0 saturated heterocycles. The van der Waals surface area contributed by atoms with Crippen LogP contribution in [-0.4, -0.2) is 16.5 Å². The van der Waals surface area contributed by atoms with Crippen LogP contribution in [-0.2, 0) is 10.2 Å². The number of ether oxygens (including phenoxy) is 1. The molecule has 1 aromatic heterocycles. The Labute approximate surface area is 137 Å². The second kappa shape index (κ2) is 6.41. The lowest BCUT2D eigenvalue weighted by Crippen LogP contribution is -2.42. The highest BCUT2D eigenvalue weighted by atomic mass is 16.5. The number of amides is 1. The lowest BCUT2D eigenvalue weighted by Gasteiger charge is -2.26. The first-order chi connectivity index (χ1) is 10.7. The molecule has 4 heteroatoms. The van der Waals surface area contributed by atoms with Crippen molar-refractivity contribution in [2.75, 3.05) is 5.32 Å². The summed E-state index contributed by atoms with van der Waals surface area (Å²) in [7, 11) is 0. The summed E-state index contributed by atoms with van der Waals surface area (Å²) < 4.78 is 5.87. The molecular weight excluding hydrogens is 288 g/mol. The number of aromatic nitrogens is 1. The lowest BCUT2D eigenvalue weighted by molar-refractivity contribution is -0.128. The largest absolute Gasteiger partial charge is 0.478 e. The number of carbonyl (C=O) groups is 1.